The lowest BCUT2D eigenvalue weighted by Gasteiger charge is -2.15. The first kappa shape index (κ1) is 40.6. The number of hydrogen-bond donors (Lipinski definition) is 2. The van der Waals surface area contributed by atoms with Crippen LogP contribution in [0, 0.1) is 0 Å². The van der Waals surface area contributed by atoms with Gasteiger partial charge < -0.3 is 15.2 Å². The van der Waals surface area contributed by atoms with Gasteiger partial charge in [0.25, 0.3) is 0 Å². The van der Waals surface area contributed by atoms with Gasteiger partial charge >= 0.3 is 11.9 Å². The van der Waals surface area contributed by atoms with Crippen LogP contribution in [0.1, 0.15) is 168 Å². The summed E-state index contributed by atoms with van der Waals surface area (Å²) in [6, 6.07) is 0. The third-order valence-electron chi connectivity index (χ3n) is 7.52. The zero-order valence-electron chi connectivity index (χ0n) is 27.8. The lowest BCUT2D eigenvalue weighted by molar-refractivity contribution is -0.147. The molecule has 0 heterocycles. The van der Waals surface area contributed by atoms with Crippen LogP contribution in [0.5, 0.6) is 0 Å². The first-order valence-electron chi connectivity index (χ1n) is 17.6. The number of carboxylic acid groups (broad SMARTS) is 1. The summed E-state index contributed by atoms with van der Waals surface area (Å²) in [5.74, 6) is -1.35. The number of aliphatic carboxylic acids is 1. The van der Waals surface area contributed by atoms with E-state index in [9.17, 15) is 14.4 Å². The van der Waals surface area contributed by atoms with Crippen molar-refractivity contribution in [3.63, 3.8) is 0 Å². The minimum atomic E-state index is -1.03. The molecule has 1 amide bonds. The standard InChI is InChI=1S/C37H65NO5/c1-3-5-7-9-11-12-13-14-15-16-17-18-20-22-28-32-37(42)43-34(29-25-21-19-10-8-6-4-2)30-26-23-24-27-31-35(39)38-33-36(40)41/h11-12,14-15,25,29,34H,3-10,13,16-24,26-28,30-33H2,1-2H3,(H,38,39)(H,40,41)/b12-11-,15-14-,29-25-. The second-order valence-electron chi connectivity index (χ2n) is 11.8. The lowest BCUT2D eigenvalue weighted by Crippen LogP contribution is -2.28. The van der Waals surface area contributed by atoms with Crippen LogP contribution >= 0.6 is 0 Å². The number of carbonyl (C=O) groups is 3. The minimum absolute atomic E-state index is 0.0987. The summed E-state index contributed by atoms with van der Waals surface area (Å²) < 4.78 is 5.85. The Balaban J connectivity index is 4.15. The van der Waals surface area contributed by atoms with E-state index in [1.54, 1.807) is 0 Å². The van der Waals surface area contributed by atoms with Crippen molar-refractivity contribution < 1.29 is 24.2 Å². The quantitative estimate of drug-likeness (QED) is 0.0467. The minimum Gasteiger partial charge on any atom is -0.480 e. The van der Waals surface area contributed by atoms with Crippen LogP contribution in [0.4, 0.5) is 0 Å². The molecule has 0 rings (SSSR count). The van der Waals surface area contributed by atoms with Gasteiger partial charge in [0.05, 0.1) is 0 Å². The second-order valence-corrected chi connectivity index (χ2v) is 11.8. The van der Waals surface area contributed by atoms with Gasteiger partial charge in [0.2, 0.25) is 5.91 Å². The van der Waals surface area contributed by atoms with E-state index in [1.165, 1.54) is 70.6 Å². The largest absolute Gasteiger partial charge is 0.480 e. The van der Waals surface area contributed by atoms with E-state index in [-0.39, 0.29) is 24.5 Å². The molecule has 0 aliphatic heterocycles. The van der Waals surface area contributed by atoms with Crippen molar-refractivity contribution in [2.24, 2.45) is 0 Å². The zero-order valence-corrected chi connectivity index (χ0v) is 27.8. The smallest absolute Gasteiger partial charge is 0.322 e. The van der Waals surface area contributed by atoms with Gasteiger partial charge in [-0.05, 0) is 76.7 Å². The molecule has 248 valence electrons. The third-order valence-corrected chi connectivity index (χ3v) is 7.52. The lowest BCUT2D eigenvalue weighted by atomic mass is 10.1. The Labute approximate surface area is 264 Å². The van der Waals surface area contributed by atoms with Crippen molar-refractivity contribution in [1.29, 1.82) is 0 Å². The topological polar surface area (TPSA) is 92.7 Å². The molecule has 1 unspecified atom stereocenters. The normalized spacial score (nSPS) is 12.4. The number of esters is 1. The van der Waals surface area contributed by atoms with E-state index in [0.717, 1.165) is 70.6 Å². The molecule has 2 N–H and O–H groups in total. The van der Waals surface area contributed by atoms with E-state index in [0.29, 0.717) is 12.8 Å². The van der Waals surface area contributed by atoms with Gasteiger partial charge in [-0.25, -0.2) is 0 Å². The number of nitrogens with one attached hydrogen (secondary N) is 1. The Morgan fingerprint density at radius 3 is 1.79 bits per heavy atom. The maximum absolute atomic E-state index is 12.6. The fourth-order valence-corrected chi connectivity index (χ4v) is 4.86. The summed E-state index contributed by atoms with van der Waals surface area (Å²) in [5.41, 5.74) is 0. The summed E-state index contributed by atoms with van der Waals surface area (Å²) >= 11 is 0. The molecule has 0 aromatic heterocycles. The van der Waals surface area contributed by atoms with Crippen molar-refractivity contribution in [3.8, 4) is 0 Å². The Morgan fingerprint density at radius 2 is 1.14 bits per heavy atom. The number of unbranched alkanes of at least 4 members (excludes halogenated alkanes) is 16. The summed E-state index contributed by atoms with van der Waals surface area (Å²) in [7, 11) is 0. The highest BCUT2D eigenvalue weighted by atomic mass is 16.5. The molecule has 0 spiro atoms. The summed E-state index contributed by atoms with van der Waals surface area (Å²) in [4.78, 5) is 34.7. The highest BCUT2D eigenvalue weighted by molar-refractivity contribution is 5.80. The Hall–Kier alpha value is -2.37. The van der Waals surface area contributed by atoms with Gasteiger partial charge in [-0.15, -0.1) is 0 Å². The molecule has 0 aliphatic carbocycles. The van der Waals surface area contributed by atoms with E-state index < -0.39 is 5.97 Å². The number of allylic oxidation sites excluding steroid dienone is 5. The van der Waals surface area contributed by atoms with Crippen molar-refractivity contribution in [3.05, 3.63) is 36.5 Å². The van der Waals surface area contributed by atoms with E-state index in [4.69, 9.17) is 9.84 Å². The number of amides is 1. The first-order valence-corrected chi connectivity index (χ1v) is 17.6. The molecule has 0 saturated heterocycles. The molecule has 0 bridgehead atoms. The summed E-state index contributed by atoms with van der Waals surface area (Å²) in [6.07, 6.45) is 38.4. The number of carbonyl (C=O) groups excluding carboxylic acids is 2. The van der Waals surface area contributed by atoms with E-state index >= 15 is 0 Å². The average molecular weight is 604 g/mol. The van der Waals surface area contributed by atoms with Crippen LogP contribution in [-0.2, 0) is 19.1 Å². The Kier molecular flexibility index (Phi) is 30.7. The Bertz CT molecular complexity index is 758. The first-order chi connectivity index (χ1) is 21.0. The molecular weight excluding hydrogens is 538 g/mol. The van der Waals surface area contributed by atoms with Crippen LogP contribution in [0.2, 0.25) is 0 Å². The van der Waals surface area contributed by atoms with Crippen molar-refractivity contribution in [1.82, 2.24) is 5.32 Å². The average Bonchev–Trinajstić information content (AvgIpc) is 2.99. The summed E-state index contributed by atoms with van der Waals surface area (Å²) in [6.45, 7) is 4.14. The van der Waals surface area contributed by atoms with Gasteiger partial charge in [-0.2, -0.15) is 0 Å². The van der Waals surface area contributed by atoms with Gasteiger partial charge in [-0.1, -0.05) is 115 Å². The predicted molar refractivity (Wildman–Crippen MR) is 180 cm³/mol. The predicted octanol–water partition coefficient (Wildman–Crippen LogP) is 10.2. The molecule has 6 nitrogen and oxygen atoms in total. The molecule has 0 aromatic carbocycles. The molecule has 6 heteroatoms. The van der Waals surface area contributed by atoms with Crippen LogP contribution in [-0.4, -0.2) is 35.6 Å². The molecular formula is C37H65NO5. The van der Waals surface area contributed by atoms with Gasteiger partial charge in [0.15, 0.2) is 0 Å². The highest BCUT2D eigenvalue weighted by Crippen LogP contribution is 2.15. The van der Waals surface area contributed by atoms with Crippen molar-refractivity contribution >= 4 is 17.8 Å². The number of rotatable bonds is 31. The molecule has 43 heavy (non-hydrogen) atoms. The monoisotopic (exact) mass is 603 g/mol. The molecule has 0 radical (unpaired) electrons. The van der Waals surface area contributed by atoms with Crippen LogP contribution in [0.25, 0.3) is 0 Å². The SMILES string of the molecule is CCCCC/C=C\C/C=C\CCCCCCCC(=O)OC(/C=C\CCCCCCC)CCCCCCC(=O)NCC(=O)O. The number of hydrogen-bond acceptors (Lipinski definition) is 4. The van der Waals surface area contributed by atoms with E-state index in [2.05, 4.69) is 55.6 Å². The van der Waals surface area contributed by atoms with Crippen LogP contribution < -0.4 is 5.32 Å². The molecule has 0 saturated carbocycles. The van der Waals surface area contributed by atoms with E-state index in [1.807, 2.05) is 0 Å². The fraction of sp³-hybridized carbons (Fsp3) is 0.757. The number of ether oxygens (including phenoxy) is 1. The van der Waals surface area contributed by atoms with Crippen LogP contribution in [0.3, 0.4) is 0 Å². The maximum atomic E-state index is 12.6. The van der Waals surface area contributed by atoms with Gasteiger partial charge in [-0.3, -0.25) is 14.4 Å². The molecule has 0 fully saturated rings. The zero-order chi connectivity index (χ0) is 31.6. The van der Waals surface area contributed by atoms with Crippen molar-refractivity contribution in [2.45, 2.75) is 174 Å². The molecule has 1 atom stereocenters. The van der Waals surface area contributed by atoms with Crippen molar-refractivity contribution in [2.75, 3.05) is 6.54 Å². The number of carboxylic acids is 1. The third kappa shape index (κ3) is 32.4. The fourth-order valence-electron chi connectivity index (χ4n) is 4.86. The van der Waals surface area contributed by atoms with Gasteiger partial charge in [0.1, 0.15) is 12.6 Å². The molecule has 0 aromatic rings. The Morgan fingerprint density at radius 1 is 0.628 bits per heavy atom. The van der Waals surface area contributed by atoms with Crippen LogP contribution in [0.15, 0.2) is 36.5 Å². The maximum Gasteiger partial charge on any atom is 0.322 e. The second kappa shape index (κ2) is 32.5. The van der Waals surface area contributed by atoms with Gasteiger partial charge in [0, 0.05) is 12.8 Å². The summed E-state index contributed by atoms with van der Waals surface area (Å²) in [5, 5.41) is 11.0. The highest BCUT2D eigenvalue weighted by Gasteiger charge is 2.12. The molecule has 0 aliphatic rings.